The first-order valence-corrected chi connectivity index (χ1v) is 9.91. The summed E-state index contributed by atoms with van der Waals surface area (Å²) in [5, 5.41) is 4.02. The fraction of sp³-hybridized carbons (Fsp3) is 0.333. The van der Waals surface area contributed by atoms with E-state index in [2.05, 4.69) is 31.1 Å². The van der Waals surface area contributed by atoms with Crippen LogP contribution in [0.4, 0.5) is 5.69 Å². The number of carbonyl (C=O) groups excluding carboxylic acids is 1. The van der Waals surface area contributed by atoms with Crippen LogP contribution in [0, 0.1) is 0 Å². The Morgan fingerprint density at radius 3 is 2.50 bits per heavy atom. The van der Waals surface area contributed by atoms with Crippen LogP contribution in [0.15, 0.2) is 57.7 Å². The van der Waals surface area contributed by atoms with E-state index in [9.17, 15) is 4.79 Å². The van der Waals surface area contributed by atoms with Gasteiger partial charge in [-0.2, -0.15) is 4.98 Å². The normalized spacial score (nSPS) is 11.4. The van der Waals surface area contributed by atoms with Gasteiger partial charge in [-0.05, 0) is 36.4 Å². The average molecular weight is 443 g/mol. The third-order valence-electron chi connectivity index (χ3n) is 4.18. The average Bonchev–Trinajstić information content (AvgIpc) is 3.15. The van der Waals surface area contributed by atoms with Gasteiger partial charge in [-0.3, -0.25) is 9.78 Å². The maximum absolute atomic E-state index is 13.0. The van der Waals surface area contributed by atoms with E-state index in [0.717, 1.165) is 15.9 Å². The van der Waals surface area contributed by atoms with Gasteiger partial charge in [0, 0.05) is 34.6 Å². The maximum atomic E-state index is 13.0. The molecular weight excluding hydrogens is 420 g/mol. The van der Waals surface area contributed by atoms with Crippen LogP contribution in [0.2, 0.25) is 0 Å². The molecule has 6 nitrogen and oxygen atoms in total. The summed E-state index contributed by atoms with van der Waals surface area (Å²) < 4.78 is 6.27. The number of nitrogens with zero attached hydrogens (tertiary/aromatic N) is 4. The van der Waals surface area contributed by atoms with Gasteiger partial charge in [0.1, 0.15) is 0 Å². The third-order valence-corrected chi connectivity index (χ3v) is 4.71. The predicted octanol–water partition coefficient (Wildman–Crippen LogP) is 4.69. The molecule has 3 aromatic rings. The van der Waals surface area contributed by atoms with Gasteiger partial charge >= 0.3 is 0 Å². The first-order chi connectivity index (χ1) is 13.3. The lowest BCUT2D eigenvalue weighted by molar-refractivity contribution is -0.118. The van der Waals surface area contributed by atoms with Gasteiger partial charge in [-0.25, -0.2) is 0 Å². The molecule has 0 atom stereocenters. The van der Waals surface area contributed by atoms with Crippen molar-refractivity contribution in [1.82, 2.24) is 15.1 Å². The summed E-state index contributed by atoms with van der Waals surface area (Å²) in [4.78, 5) is 23.5. The first-order valence-electron chi connectivity index (χ1n) is 9.12. The van der Waals surface area contributed by atoms with E-state index < -0.39 is 0 Å². The van der Waals surface area contributed by atoms with Crippen LogP contribution in [0.25, 0.3) is 0 Å². The van der Waals surface area contributed by atoms with Crippen LogP contribution < -0.4 is 4.90 Å². The monoisotopic (exact) mass is 442 g/mol. The van der Waals surface area contributed by atoms with Crippen molar-refractivity contribution in [3.63, 3.8) is 0 Å². The molecule has 2 heterocycles. The topological polar surface area (TPSA) is 72.1 Å². The number of aryl methyl sites for hydroxylation is 1. The molecule has 1 amide bonds. The van der Waals surface area contributed by atoms with Crippen molar-refractivity contribution in [3.8, 4) is 0 Å². The highest BCUT2D eigenvalue weighted by Gasteiger charge is 2.22. The van der Waals surface area contributed by atoms with Crippen LogP contribution in [-0.2, 0) is 23.2 Å². The molecule has 0 saturated heterocycles. The minimum atomic E-state index is -0.186. The number of anilines is 1. The second-order valence-electron chi connectivity index (χ2n) is 7.54. The number of carbonyl (C=O) groups is 1. The smallest absolute Gasteiger partial charge is 0.227 e. The van der Waals surface area contributed by atoms with Crippen LogP contribution in [-0.4, -0.2) is 21.0 Å². The van der Waals surface area contributed by atoms with Crippen LogP contribution in [0.5, 0.6) is 0 Å². The quantitative estimate of drug-likeness (QED) is 0.553. The SMILES string of the molecule is CC(C)(C)c1noc(CCC(=O)N(Cc2ccccn2)c2ccc(Br)cc2)n1. The number of halogens is 1. The number of hydrogen-bond acceptors (Lipinski definition) is 5. The molecule has 1 aromatic carbocycles. The lowest BCUT2D eigenvalue weighted by Gasteiger charge is -2.22. The van der Waals surface area contributed by atoms with E-state index in [4.69, 9.17) is 4.52 Å². The van der Waals surface area contributed by atoms with Crippen molar-refractivity contribution in [2.75, 3.05) is 4.90 Å². The molecule has 2 aromatic heterocycles. The van der Waals surface area contributed by atoms with Gasteiger partial charge in [0.25, 0.3) is 0 Å². The summed E-state index contributed by atoms with van der Waals surface area (Å²) in [5.74, 6) is 1.10. The fourth-order valence-electron chi connectivity index (χ4n) is 2.61. The first kappa shape index (κ1) is 20.2. The van der Waals surface area contributed by atoms with Crippen molar-refractivity contribution in [2.45, 2.75) is 45.6 Å². The molecule has 0 N–H and O–H groups in total. The van der Waals surface area contributed by atoms with E-state index in [-0.39, 0.29) is 17.7 Å². The van der Waals surface area contributed by atoms with E-state index in [0.29, 0.717) is 24.7 Å². The van der Waals surface area contributed by atoms with Crippen LogP contribution in [0.1, 0.15) is 44.6 Å². The Hall–Kier alpha value is -2.54. The van der Waals surface area contributed by atoms with Crippen molar-refractivity contribution in [3.05, 3.63) is 70.5 Å². The Morgan fingerprint density at radius 2 is 1.89 bits per heavy atom. The van der Waals surface area contributed by atoms with E-state index in [1.807, 2.05) is 63.2 Å². The molecule has 0 radical (unpaired) electrons. The second-order valence-corrected chi connectivity index (χ2v) is 8.45. The standard InChI is InChI=1S/C21H23BrN4O2/c1-21(2,3)20-24-18(28-25-20)11-12-19(27)26(14-16-6-4-5-13-23-16)17-9-7-15(22)8-10-17/h4-10,13H,11-12,14H2,1-3H3. The van der Waals surface area contributed by atoms with Crippen molar-refractivity contribution < 1.29 is 9.32 Å². The number of pyridine rings is 1. The lowest BCUT2D eigenvalue weighted by atomic mass is 9.96. The van der Waals surface area contributed by atoms with Crippen molar-refractivity contribution in [2.24, 2.45) is 0 Å². The van der Waals surface area contributed by atoms with Gasteiger partial charge < -0.3 is 9.42 Å². The zero-order chi connectivity index (χ0) is 20.1. The summed E-state index contributed by atoms with van der Waals surface area (Å²) in [6, 6.07) is 13.3. The molecular formula is C21H23BrN4O2. The Labute approximate surface area is 173 Å². The number of rotatable bonds is 6. The van der Waals surface area contributed by atoms with Crippen LogP contribution >= 0.6 is 15.9 Å². The molecule has 0 fully saturated rings. The number of benzene rings is 1. The molecule has 0 aliphatic rings. The number of aromatic nitrogens is 3. The third kappa shape index (κ3) is 5.25. The van der Waals surface area contributed by atoms with Gasteiger partial charge in [-0.1, -0.05) is 47.9 Å². The van der Waals surface area contributed by atoms with Crippen molar-refractivity contribution in [1.29, 1.82) is 0 Å². The van der Waals surface area contributed by atoms with Crippen molar-refractivity contribution >= 4 is 27.5 Å². The van der Waals surface area contributed by atoms with Gasteiger partial charge in [0.15, 0.2) is 5.82 Å². The van der Waals surface area contributed by atoms with Gasteiger partial charge in [0.2, 0.25) is 11.8 Å². The van der Waals surface area contributed by atoms with Gasteiger partial charge in [0.05, 0.1) is 12.2 Å². The van der Waals surface area contributed by atoms with Gasteiger partial charge in [-0.15, -0.1) is 0 Å². The molecule has 0 saturated carbocycles. The largest absolute Gasteiger partial charge is 0.339 e. The van der Waals surface area contributed by atoms with E-state index in [1.54, 1.807) is 11.1 Å². The Bertz CT molecular complexity index is 918. The molecule has 28 heavy (non-hydrogen) atoms. The molecule has 0 spiro atoms. The predicted molar refractivity (Wildman–Crippen MR) is 111 cm³/mol. The summed E-state index contributed by atoms with van der Waals surface area (Å²) in [6.45, 7) is 6.47. The number of hydrogen-bond donors (Lipinski definition) is 0. The van der Waals surface area contributed by atoms with E-state index in [1.165, 1.54) is 0 Å². The maximum Gasteiger partial charge on any atom is 0.227 e. The highest BCUT2D eigenvalue weighted by Crippen LogP contribution is 2.22. The highest BCUT2D eigenvalue weighted by atomic mass is 79.9. The molecule has 146 valence electrons. The molecule has 0 aliphatic carbocycles. The highest BCUT2D eigenvalue weighted by molar-refractivity contribution is 9.10. The lowest BCUT2D eigenvalue weighted by Crippen LogP contribution is -2.31. The van der Waals surface area contributed by atoms with Crippen LogP contribution in [0.3, 0.4) is 0 Å². The second kappa shape index (κ2) is 8.65. The summed E-state index contributed by atoms with van der Waals surface area (Å²) in [5.41, 5.74) is 1.46. The molecule has 0 unspecified atom stereocenters. The zero-order valence-corrected chi connectivity index (χ0v) is 17.8. The summed E-state index contributed by atoms with van der Waals surface area (Å²) in [6.07, 6.45) is 2.40. The molecule has 0 aliphatic heterocycles. The molecule has 7 heteroatoms. The Balaban J connectivity index is 1.74. The minimum Gasteiger partial charge on any atom is -0.339 e. The Morgan fingerprint density at radius 1 is 1.14 bits per heavy atom. The zero-order valence-electron chi connectivity index (χ0n) is 16.2. The fourth-order valence-corrected chi connectivity index (χ4v) is 2.87. The number of amides is 1. The molecule has 3 rings (SSSR count). The summed E-state index contributed by atoms with van der Waals surface area (Å²) in [7, 11) is 0. The summed E-state index contributed by atoms with van der Waals surface area (Å²) >= 11 is 3.43. The van der Waals surface area contributed by atoms with E-state index >= 15 is 0 Å². The minimum absolute atomic E-state index is 0.0246. The Kier molecular flexibility index (Phi) is 6.24. The molecule has 0 bridgehead atoms.